The molecular formula is C14H18N2O3. The van der Waals surface area contributed by atoms with Gasteiger partial charge in [-0.25, -0.2) is 0 Å². The van der Waals surface area contributed by atoms with E-state index in [-0.39, 0.29) is 24.7 Å². The zero-order valence-corrected chi connectivity index (χ0v) is 10.7. The standard InChI is InChI=1S/C14H18N2O3/c15-10-2-1-3-11(6-10)18-9-14(17)16-7-12-4-5-13(8-16)19-12/h1-3,6,12-13H,4-5,7-9,15H2. The first kappa shape index (κ1) is 12.3. The van der Waals surface area contributed by atoms with Crippen LogP contribution in [0.15, 0.2) is 24.3 Å². The molecule has 2 unspecified atom stereocenters. The summed E-state index contributed by atoms with van der Waals surface area (Å²) in [5.74, 6) is 0.646. The summed E-state index contributed by atoms with van der Waals surface area (Å²) >= 11 is 0. The van der Waals surface area contributed by atoms with E-state index in [1.165, 1.54) is 0 Å². The number of amides is 1. The Balaban J connectivity index is 1.54. The number of carbonyl (C=O) groups is 1. The van der Waals surface area contributed by atoms with Crippen molar-refractivity contribution < 1.29 is 14.3 Å². The number of anilines is 1. The molecule has 2 N–H and O–H groups in total. The zero-order chi connectivity index (χ0) is 13.2. The molecule has 0 aromatic heterocycles. The second kappa shape index (κ2) is 5.09. The Labute approximate surface area is 112 Å². The normalized spacial score (nSPS) is 25.4. The number of nitrogens with zero attached hydrogens (tertiary/aromatic N) is 1. The fourth-order valence-electron chi connectivity index (χ4n) is 2.66. The summed E-state index contributed by atoms with van der Waals surface area (Å²) < 4.78 is 11.2. The number of ether oxygens (including phenoxy) is 2. The summed E-state index contributed by atoms with van der Waals surface area (Å²) in [6.07, 6.45) is 2.56. The molecule has 2 aliphatic heterocycles. The first-order valence-corrected chi connectivity index (χ1v) is 6.62. The molecule has 0 spiro atoms. The number of carbonyl (C=O) groups excluding carboxylic acids is 1. The number of morpholine rings is 1. The van der Waals surface area contributed by atoms with Gasteiger partial charge in [0.05, 0.1) is 12.2 Å². The van der Waals surface area contributed by atoms with Crippen molar-refractivity contribution in [2.45, 2.75) is 25.0 Å². The Morgan fingerprint density at radius 3 is 2.79 bits per heavy atom. The van der Waals surface area contributed by atoms with Crippen LogP contribution in [-0.4, -0.2) is 42.7 Å². The lowest BCUT2D eigenvalue weighted by atomic mass is 10.2. The molecule has 1 aromatic rings. The topological polar surface area (TPSA) is 64.8 Å². The van der Waals surface area contributed by atoms with Gasteiger partial charge in [0.1, 0.15) is 5.75 Å². The Bertz CT molecular complexity index is 466. The van der Waals surface area contributed by atoms with E-state index in [4.69, 9.17) is 15.2 Å². The molecule has 0 radical (unpaired) electrons. The molecule has 1 aromatic carbocycles. The van der Waals surface area contributed by atoms with Gasteiger partial charge in [-0.2, -0.15) is 0 Å². The average molecular weight is 262 g/mol. The highest BCUT2D eigenvalue weighted by molar-refractivity contribution is 5.78. The maximum atomic E-state index is 12.1. The van der Waals surface area contributed by atoms with Crippen LogP contribution in [0.3, 0.4) is 0 Å². The molecule has 5 heteroatoms. The molecule has 2 aliphatic rings. The highest BCUT2D eigenvalue weighted by Gasteiger charge is 2.35. The van der Waals surface area contributed by atoms with Crippen molar-refractivity contribution in [2.24, 2.45) is 0 Å². The SMILES string of the molecule is Nc1cccc(OCC(=O)N2CC3CCC(C2)O3)c1. The van der Waals surface area contributed by atoms with Gasteiger partial charge < -0.3 is 20.1 Å². The van der Waals surface area contributed by atoms with Gasteiger partial charge in [-0.05, 0) is 25.0 Å². The monoisotopic (exact) mass is 262 g/mol. The molecule has 0 saturated carbocycles. The predicted molar refractivity (Wildman–Crippen MR) is 70.8 cm³/mol. The first-order valence-electron chi connectivity index (χ1n) is 6.62. The highest BCUT2D eigenvalue weighted by Crippen LogP contribution is 2.26. The second-order valence-corrected chi connectivity index (χ2v) is 5.12. The van der Waals surface area contributed by atoms with E-state index in [1.54, 1.807) is 18.2 Å². The lowest BCUT2D eigenvalue weighted by Crippen LogP contribution is -2.47. The van der Waals surface area contributed by atoms with E-state index in [0.29, 0.717) is 24.5 Å². The number of likely N-dealkylation sites (tertiary alicyclic amines) is 1. The van der Waals surface area contributed by atoms with Crippen LogP contribution in [0.4, 0.5) is 5.69 Å². The molecule has 2 bridgehead atoms. The Morgan fingerprint density at radius 2 is 2.11 bits per heavy atom. The van der Waals surface area contributed by atoms with Crippen molar-refractivity contribution >= 4 is 11.6 Å². The molecule has 5 nitrogen and oxygen atoms in total. The van der Waals surface area contributed by atoms with Gasteiger partial charge in [-0.3, -0.25) is 4.79 Å². The predicted octanol–water partition coefficient (Wildman–Crippen LogP) is 1.04. The second-order valence-electron chi connectivity index (χ2n) is 5.12. The van der Waals surface area contributed by atoms with E-state index < -0.39 is 0 Å². The molecule has 2 saturated heterocycles. The number of hydrogen-bond donors (Lipinski definition) is 1. The van der Waals surface area contributed by atoms with Crippen LogP contribution in [-0.2, 0) is 9.53 Å². The molecule has 2 heterocycles. The van der Waals surface area contributed by atoms with Crippen molar-refractivity contribution in [1.29, 1.82) is 0 Å². The summed E-state index contributed by atoms with van der Waals surface area (Å²) in [6.45, 7) is 1.44. The smallest absolute Gasteiger partial charge is 0.260 e. The minimum absolute atomic E-state index is 0.0163. The summed E-state index contributed by atoms with van der Waals surface area (Å²) in [4.78, 5) is 13.9. The minimum Gasteiger partial charge on any atom is -0.484 e. The molecule has 102 valence electrons. The van der Waals surface area contributed by atoms with Gasteiger partial charge in [-0.15, -0.1) is 0 Å². The van der Waals surface area contributed by atoms with Crippen molar-refractivity contribution in [2.75, 3.05) is 25.4 Å². The Morgan fingerprint density at radius 1 is 1.37 bits per heavy atom. The van der Waals surface area contributed by atoms with Crippen molar-refractivity contribution in [3.63, 3.8) is 0 Å². The van der Waals surface area contributed by atoms with Gasteiger partial charge in [0.25, 0.3) is 5.91 Å². The quantitative estimate of drug-likeness (QED) is 0.827. The number of nitrogens with two attached hydrogens (primary N) is 1. The van der Waals surface area contributed by atoms with E-state index in [1.807, 2.05) is 11.0 Å². The van der Waals surface area contributed by atoms with E-state index in [0.717, 1.165) is 12.8 Å². The van der Waals surface area contributed by atoms with E-state index in [2.05, 4.69) is 0 Å². The van der Waals surface area contributed by atoms with Crippen molar-refractivity contribution in [3.8, 4) is 5.75 Å². The molecule has 2 atom stereocenters. The third-order valence-corrected chi connectivity index (χ3v) is 3.62. The maximum Gasteiger partial charge on any atom is 0.260 e. The van der Waals surface area contributed by atoms with Crippen LogP contribution in [0.2, 0.25) is 0 Å². The maximum absolute atomic E-state index is 12.1. The molecular weight excluding hydrogens is 244 g/mol. The van der Waals surface area contributed by atoms with Crippen molar-refractivity contribution in [1.82, 2.24) is 4.90 Å². The van der Waals surface area contributed by atoms with Crippen LogP contribution in [0, 0.1) is 0 Å². The van der Waals surface area contributed by atoms with Crippen LogP contribution < -0.4 is 10.5 Å². The summed E-state index contributed by atoms with van der Waals surface area (Å²) in [5, 5.41) is 0. The largest absolute Gasteiger partial charge is 0.484 e. The van der Waals surface area contributed by atoms with Crippen LogP contribution >= 0.6 is 0 Å². The fourth-order valence-corrected chi connectivity index (χ4v) is 2.66. The minimum atomic E-state index is 0.0163. The number of benzene rings is 1. The van der Waals surface area contributed by atoms with E-state index >= 15 is 0 Å². The van der Waals surface area contributed by atoms with Crippen LogP contribution in [0.5, 0.6) is 5.75 Å². The fraction of sp³-hybridized carbons (Fsp3) is 0.500. The number of rotatable bonds is 3. The molecule has 2 fully saturated rings. The van der Waals surface area contributed by atoms with Gasteiger partial charge in [0.2, 0.25) is 0 Å². The average Bonchev–Trinajstić information content (AvgIpc) is 2.75. The first-order chi connectivity index (χ1) is 9.20. The number of nitrogen functional groups attached to an aromatic ring is 1. The Kier molecular flexibility index (Phi) is 3.29. The summed E-state index contributed by atoms with van der Waals surface area (Å²) in [6, 6.07) is 7.11. The number of fused-ring (bicyclic) bond motifs is 2. The van der Waals surface area contributed by atoms with Gasteiger partial charge in [0.15, 0.2) is 6.61 Å². The molecule has 0 aliphatic carbocycles. The van der Waals surface area contributed by atoms with Gasteiger partial charge >= 0.3 is 0 Å². The highest BCUT2D eigenvalue weighted by atomic mass is 16.5. The zero-order valence-electron chi connectivity index (χ0n) is 10.7. The van der Waals surface area contributed by atoms with Gasteiger partial charge in [-0.1, -0.05) is 6.07 Å². The number of hydrogen-bond acceptors (Lipinski definition) is 4. The lowest BCUT2D eigenvalue weighted by molar-refractivity contribution is -0.141. The Hall–Kier alpha value is -1.75. The van der Waals surface area contributed by atoms with Crippen molar-refractivity contribution in [3.05, 3.63) is 24.3 Å². The third kappa shape index (κ3) is 2.81. The summed E-state index contributed by atoms with van der Waals surface area (Å²) in [5.41, 5.74) is 6.29. The molecule has 19 heavy (non-hydrogen) atoms. The third-order valence-electron chi connectivity index (χ3n) is 3.62. The summed E-state index contributed by atoms with van der Waals surface area (Å²) in [7, 11) is 0. The lowest BCUT2D eigenvalue weighted by Gasteiger charge is -2.32. The van der Waals surface area contributed by atoms with Crippen LogP contribution in [0.1, 0.15) is 12.8 Å². The molecule has 1 amide bonds. The van der Waals surface area contributed by atoms with E-state index in [9.17, 15) is 4.79 Å². The molecule has 3 rings (SSSR count). The van der Waals surface area contributed by atoms with Gasteiger partial charge in [0, 0.05) is 24.8 Å². The van der Waals surface area contributed by atoms with Crippen LogP contribution in [0.25, 0.3) is 0 Å².